The lowest BCUT2D eigenvalue weighted by molar-refractivity contribution is -0.137. The molecule has 2 aromatic carbocycles. The van der Waals surface area contributed by atoms with E-state index in [1.165, 1.54) is 5.56 Å². The normalized spacial score (nSPS) is 16.3. The predicted octanol–water partition coefficient (Wildman–Crippen LogP) is 5.86. The lowest BCUT2D eigenvalue weighted by atomic mass is 9.84. The zero-order valence-corrected chi connectivity index (χ0v) is 22.7. The van der Waals surface area contributed by atoms with Crippen LogP contribution in [0.25, 0.3) is 0 Å². The molecule has 1 atom stereocenters. The lowest BCUT2D eigenvalue weighted by Crippen LogP contribution is -2.45. The number of rotatable bonds is 11. The van der Waals surface area contributed by atoms with Gasteiger partial charge in [-0.15, -0.1) is 0 Å². The fraction of sp³-hybridized carbons (Fsp3) is 0.433. The highest BCUT2D eigenvalue weighted by Gasteiger charge is 2.38. The molecular formula is C30H38N4O4. The Morgan fingerprint density at radius 1 is 1.13 bits per heavy atom. The van der Waals surface area contributed by atoms with Crippen LogP contribution in [-0.4, -0.2) is 33.4 Å². The maximum absolute atomic E-state index is 13.8. The summed E-state index contributed by atoms with van der Waals surface area (Å²) in [5.41, 5.74) is 1.89. The summed E-state index contributed by atoms with van der Waals surface area (Å²) in [6.45, 7) is 8.78. The van der Waals surface area contributed by atoms with Crippen LogP contribution in [0.3, 0.4) is 0 Å². The largest absolute Gasteiger partial charge is 0.494 e. The quantitative estimate of drug-likeness (QED) is 0.275. The second-order valence-corrected chi connectivity index (χ2v) is 10.6. The summed E-state index contributed by atoms with van der Waals surface area (Å²) in [4.78, 5) is 24.5. The second kappa shape index (κ2) is 11.3. The molecule has 3 aromatic rings. The molecule has 1 aliphatic rings. The number of anilines is 1. The van der Waals surface area contributed by atoms with E-state index in [0.29, 0.717) is 37.2 Å². The van der Waals surface area contributed by atoms with Gasteiger partial charge in [-0.1, -0.05) is 56.3 Å². The first-order chi connectivity index (χ1) is 18.2. The molecule has 0 bridgehead atoms. The Balaban J connectivity index is 1.54. The van der Waals surface area contributed by atoms with Crippen molar-refractivity contribution in [1.82, 2.24) is 15.1 Å². The third kappa shape index (κ3) is 5.69. The van der Waals surface area contributed by atoms with Gasteiger partial charge in [0, 0.05) is 6.42 Å². The first-order valence-electron chi connectivity index (χ1n) is 13.4. The number of benzene rings is 2. The van der Waals surface area contributed by atoms with Crippen LogP contribution in [0.15, 0.2) is 60.8 Å². The van der Waals surface area contributed by atoms with E-state index in [1.54, 1.807) is 6.20 Å². The van der Waals surface area contributed by atoms with E-state index in [9.17, 15) is 9.59 Å². The first-order valence-corrected chi connectivity index (χ1v) is 13.4. The summed E-state index contributed by atoms with van der Waals surface area (Å²) in [6, 6.07) is 18.1. The number of hydrogen-bond donors (Lipinski definition) is 3. The SMILES string of the molecule is CCC(CC)(NC(=O)c1cnn2c1NC(c1ccccc1)CC2(C)C)c1ccc(OCCCC(=O)O)cc1. The molecule has 0 saturated heterocycles. The molecule has 8 heteroatoms. The fourth-order valence-electron chi connectivity index (χ4n) is 5.28. The molecule has 1 aromatic heterocycles. The number of fused-ring (bicyclic) bond motifs is 1. The van der Waals surface area contributed by atoms with Crippen LogP contribution in [0.1, 0.15) is 87.3 Å². The highest BCUT2D eigenvalue weighted by Crippen LogP contribution is 2.40. The van der Waals surface area contributed by atoms with Crippen molar-refractivity contribution in [2.45, 2.75) is 76.9 Å². The maximum atomic E-state index is 13.8. The van der Waals surface area contributed by atoms with Crippen LogP contribution < -0.4 is 15.4 Å². The van der Waals surface area contributed by atoms with Crippen LogP contribution in [0.2, 0.25) is 0 Å². The molecule has 8 nitrogen and oxygen atoms in total. The zero-order chi connectivity index (χ0) is 27.3. The third-order valence-electron chi connectivity index (χ3n) is 7.57. The van der Waals surface area contributed by atoms with E-state index in [1.807, 2.05) is 47.1 Å². The van der Waals surface area contributed by atoms with Crippen molar-refractivity contribution in [1.29, 1.82) is 0 Å². The number of hydrogen-bond acceptors (Lipinski definition) is 5. The van der Waals surface area contributed by atoms with Crippen molar-refractivity contribution in [3.8, 4) is 5.75 Å². The van der Waals surface area contributed by atoms with Crippen molar-refractivity contribution in [3.63, 3.8) is 0 Å². The number of nitrogens with one attached hydrogen (secondary N) is 2. The highest BCUT2D eigenvalue weighted by molar-refractivity contribution is 5.99. The van der Waals surface area contributed by atoms with Crippen LogP contribution in [0.5, 0.6) is 5.75 Å². The predicted molar refractivity (Wildman–Crippen MR) is 148 cm³/mol. The monoisotopic (exact) mass is 518 g/mol. The number of carbonyl (C=O) groups excluding carboxylic acids is 1. The van der Waals surface area contributed by atoms with Gasteiger partial charge in [0.05, 0.1) is 29.9 Å². The standard InChI is InChI=1S/C30H38N4O4/c1-5-30(6-2,22-14-16-23(17-15-22)38-18-10-13-26(35)36)33-28(37)24-20-31-34-27(24)32-25(19-29(34,3)4)21-11-8-7-9-12-21/h7-9,11-12,14-17,20,25,32H,5-6,10,13,18-19H2,1-4H3,(H,33,37)(H,35,36). The van der Waals surface area contributed by atoms with Crippen LogP contribution in [-0.2, 0) is 15.9 Å². The molecule has 3 N–H and O–H groups in total. The Morgan fingerprint density at radius 3 is 2.45 bits per heavy atom. The topological polar surface area (TPSA) is 105 Å². The fourth-order valence-corrected chi connectivity index (χ4v) is 5.28. The summed E-state index contributed by atoms with van der Waals surface area (Å²) < 4.78 is 7.62. The lowest BCUT2D eigenvalue weighted by Gasteiger charge is -2.38. The summed E-state index contributed by atoms with van der Waals surface area (Å²) in [6.07, 6.45) is 4.47. The van der Waals surface area contributed by atoms with Gasteiger partial charge in [0.2, 0.25) is 0 Å². The van der Waals surface area contributed by atoms with Crippen LogP contribution >= 0.6 is 0 Å². The zero-order valence-electron chi connectivity index (χ0n) is 22.7. The van der Waals surface area contributed by atoms with Gasteiger partial charge in [0.25, 0.3) is 5.91 Å². The smallest absolute Gasteiger partial charge is 0.303 e. The van der Waals surface area contributed by atoms with Crippen molar-refractivity contribution < 1.29 is 19.4 Å². The van der Waals surface area contributed by atoms with E-state index in [2.05, 4.69) is 55.6 Å². The molecule has 0 spiro atoms. The molecule has 0 radical (unpaired) electrons. The van der Waals surface area contributed by atoms with E-state index < -0.39 is 11.5 Å². The minimum Gasteiger partial charge on any atom is -0.494 e. The van der Waals surface area contributed by atoms with Gasteiger partial charge in [0.1, 0.15) is 17.1 Å². The molecule has 2 heterocycles. The molecule has 1 amide bonds. The van der Waals surface area contributed by atoms with Gasteiger partial charge < -0.3 is 20.5 Å². The number of ether oxygens (including phenoxy) is 1. The minimum atomic E-state index is -0.829. The third-order valence-corrected chi connectivity index (χ3v) is 7.57. The van der Waals surface area contributed by atoms with Crippen molar-refractivity contribution >= 4 is 17.7 Å². The number of nitrogens with zero attached hydrogens (tertiary/aromatic N) is 2. The Labute approximate surface area is 224 Å². The van der Waals surface area contributed by atoms with Gasteiger partial charge in [-0.05, 0) is 62.8 Å². The molecule has 202 valence electrons. The maximum Gasteiger partial charge on any atom is 0.303 e. The van der Waals surface area contributed by atoms with E-state index in [-0.39, 0.29) is 23.9 Å². The van der Waals surface area contributed by atoms with Gasteiger partial charge >= 0.3 is 5.97 Å². The second-order valence-electron chi connectivity index (χ2n) is 10.6. The van der Waals surface area contributed by atoms with Gasteiger partial charge in [0.15, 0.2) is 0 Å². The Kier molecular flexibility index (Phi) is 8.09. The van der Waals surface area contributed by atoms with Crippen LogP contribution in [0, 0.1) is 0 Å². The highest BCUT2D eigenvalue weighted by atomic mass is 16.5. The molecule has 0 saturated carbocycles. The van der Waals surface area contributed by atoms with E-state index in [4.69, 9.17) is 9.84 Å². The van der Waals surface area contributed by atoms with Crippen LogP contribution in [0.4, 0.5) is 5.82 Å². The average molecular weight is 519 g/mol. The first kappa shape index (κ1) is 27.2. The number of amides is 1. The number of carboxylic acid groups (broad SMARTS) is 1. The molecule has 0 aliphatic carbocycles. The molecule has 38 heavy (non-hydrogen) atoms. The summed E-state index contributed by atoms with van der Waals surface area (Å²) in [7, 11) is 0. The Bertz CT molecular complexity index is 1250. The molecule has 1 unspecified atom stereocenters. The van der Waals surface area contributed by atoms with Crippen molar-refractivity contribution in [2.75, 3.05) is 11.9 Å². The summed E-state index contributed by atoms with van der Waals surface area (Å²) in [5.74, 6) is 0.417. The Hall–Kier alpha value is -3.81. The van der Waals surface area contributed by atoms with E-state index >= 15 is 0 Å². The minimum absolute atomic E-state index is 0.0760. The number of aromatic nitrogens is 2. The number of aliphatic carboxylic acids is 1. The Morgan fingerprint density at radius 2 is 1.82 bits per heavy atom. The van der Waals surface area contributed by atoms with Gasteiger partial charge in [-0.25, -0.2) is 4.68 Å². The number of carboxylic acids is 1. The molecule has 4 rings (SSSR count). The van der Waals surface area contributed by atoms with Crippen molar-refractivity contribution in [2.24, 2.45) is 0 Å². The summed E-state index contributed by atoms with van der Waals surface area (Å²) in [5, 5.41) is 20.3. The summed E-state index contributed by atoms with van der Waals surface area (Å²) >= 11 is 0. The molecule has 0 fully saturated rings. The molecular weight excluding hydrogens is 480 g/mol. The number of carbonyl (C=O) groups is 2. The van der Waals surface area contributed by atoms with Crippen molar-refractivity contribution in [3.05, 3.63) is 77.5 Å². The van der Waals surface area contributed by atoms with Gasteiger partial charge in [-0.2, -0.15) is 5.10 Å². The molecule has 1 aliphatic heterocycles. The average Bonchev–Trinajstić information content (AvgIpc) is 3.36. The van der Waals surface area contributed by atoms with Gasteiger partial charge in [-0.3, -0.25) is 9.59 Å². The van der Waals surface area contributed by atoms with E-state index in [0.717, 1.165) is 17.8 Å².